The molecule has 2 N–H and O–H groups in total. The summed E-state index contributed by atoms with van der Waals surface area (Å²) in [6.07, 6.45) is 5.04. The van der Waals surface area contributed by atoms with E-state index in [9.17, 15) is 4.79 Å². The van der Waals surface area contributed by atoms with Gasteiger partial charge in [-0.3, -0.25) is 9.69 Å². The Kier molecular flexibility index (Phi) is 2.91. The molecule has 0 aromatic carbocycles. The van der Waals surface area contributed by atoms with Crippen molar-refractivity contribution in [3.8, 4) is 0 Å². The van der Waals surface area contributed by atoms with E-state index in [0.717, 1.165) is 38.2 Å². The van der Waals surface area contributed by atoms with Gasteiger partial charge in [-0.2, -0.15) is 0 Å². The highest BCUT2D eigenvalue weighted by atomic mass is 16.2. The molecule has 1 unspecified atom stereocenters. The van der Waals surface area contributed by atoms with Crippen molar-refractivity contribution in [2.24, 2.45) is 0 Å². The molecule has 0 spiro atoms. The predicted molar refractivity (Wildman–Crippen MR) is 70.2 cm³/mol. The molecule has 3 heterocycles. The Hall–Kier alpha value is -1.62. The summed E-state index contributed by atoms with van der Waals surface area (Å²) in [5, 5.41) is 0. The lowest BCUT2D eigenvalue weighted by Crippen LogP contribution is -2.58. The Morgan fingerprint density at radius 3 is 2.89 bits per heavy atom. The molecule has 18 heavy (non-hydrogen) atoms. The predicted octanol–water partition coefficient (Wildman–Crippen LogP) is 0.865. The van der Waals surface area contributed by atoms with Crippen LogP contribution in [0.3, 0.4) is 0 Å². The molecule has 5 heteroatoms. The summed E-state index contributed by atoms with van der Waals surface area (Å²) in [7, 11) is 0. The third kappa shape index (κ3) is 1.95. The van der Waals surface area contributed by atoms with Crippen LogP contribution in [0.4, 0.5) is 11.5 Å². The van der Waals surface area contributed by atoms with Crippen LogP contribution in [0.2, 0.25) is 0 Å². The lowest BCUT2D eigenvalue weighted by Gasteiger charge is -2.42. The second kappa shape index (κ2) is 4.57. The highest BCUT2D eigenvalue weighted by molar-refractivity contribution is 5.97. The zero-order valence-corrected chi connectivity index (χ0v) is 10.4. The number of anilines is 2. The summed E-state index contributed by atoms with van der Waals surface area (Å²) in [6.45, 7) is 2.77. The molecule has 5 nitrogen and oxygen atoms in total. The van der Waals surface area contributed by atoms with E-state index in [1.807, 2.05) is 11.0 Å². The third-order valence-electron chi connectivity index (χ3n) is 3.86. The number of piperazine rings is 1. The van der Waals surface area contributed by atoms with E-state index in [0.29, 0.717) is 5.82 Å². The van der Waals surface area contributed by atoms with Crippen LogP contribution in [0.5, 0.6) is 0 Å². The van der Waals surface area contributed by atoms with Gasteiger partial charge in [-0.25, -0.2) is 4.98 Å². The van der Waals surface area contributed by atoms with E-state index >= 15 is 0 Å². The van der Waals surface area contributed by atoms with Gasteiger partial charge in [-0.05, 0) is 31.5 Å². The van der Waals surface area contributed by atoms with Gasteiger partial charge in [-0.15, -0.1) is 0 Å². The highest BCUT2D eigenvalue weighted by Gasteiger charge is 2.36. The van der Waals surface area contributed by atoms with E-state index in [4.69, 9.17) is 5.73 Å². The minimum absolute atomic E-state index is 0.0741. The lowest BCUT2D eigenvalue weighted by atomic mass is 9.98. The first-order chi connectivity index (χ1) is 8.75. The molecule has 1 aromatic heterocycles. The van der Waals surface area contributed by atoms with Crippen molar-refractivity contribution >= 4 is 17.4 Å². The molecule has 0 bridgehead atoms. The number of carbonyl (C=O) groups excluding carboxylic acids is 1. The fraction of sp³-hybridized carbons (Fsp3) is 0.538. The van der Waals surface area contributed by atoms with Crippen LogP contribution in [0.15, 0.2) is 18.3 Å². The number of carbonyl (C=O) groups is 1. The van der Waals surface area contributed by atoms with Crippen molar-refractivity contribution in [2.45, 2.75) is 25.3 Å². The third-order valence-corrected chi connectivity index (χ3v) is 3.86. The van der Waals surface area contributed by atoms with E-state index in [2.05, 4.69) is 9.88 Å². The number of amides is 1. The molecule has 1 aromatic rings. The van der Waals surface area contributed by atoms with Crippen molar-refractivity contribution in [1.29, 1.82) is 0 Å². The fourth-order valence-corrected chi connectivity index (χ4v) is 2.87. The fourth-order valence-electron chi connectivity index (χ4n) is 2.87. The molecule has 2 aliphatic rings. The van der Waals surface area contributed by atoms with Crippen LogP contribution in [0.25, 0.3) is 0 Å². The number of fused-ring (bicyclic) bond motifs is 1. The molecule has 1 amide bonds. The highest BCUT2D eigenvalue weighted by Crippen LogP contribution is 2.25. The number of nitrogens with zero attached hydrogens (tertiary/aromatic N) is 3. The summed E-state index contributed by atoms with van der Waals surface area (Å²) in [5.74, 6) is 0.704. The standard InChI is InChI=1S/C13H18N4O/c14-12-5-4-10(9-15-12)17-8-7-16-6-2-1-3-11(16)13(17)18/h4-5,9,11H,1-3,6-8H2,(H2,14,15). The Bertz CT molecular complexity index is 445. The summed E-state index contributed by atoms with van der Waals surface area (Å²) >= 11 is 0. The van der Waals surface area contributed by atoms with Crippen LogP contribution >= 0.6 is 0 Å². The number of aromatic nitrogens is 1. The van der Waals surface area contributed by atoms with Crippen LogP contribution in [0.1, 0.15) is 19.3 Å². The zero-order chi connectivity index (χ0) is 12.5. The van der Waals surface area contributed by atoms with Crippen LogP contribution in [-0.2, 0) is 4.79 Å². The SMILES string of the molecule is Nc1ccc(N2CCN3CCCCC3C2=O)cn1. The molecule has 0 aliphatic carbocycles. The number of nitrogens with two attached hydrogens (primary N) is 1. The number of rotatable bonds is 1. The van der Waals surface area contributed by atoms with E-state index < -0.39 is 0 Å². The minimum Gasteiger partial charge on any atom is -0.384 e. The first-order valence-corrected chi connectivity index (χ1v) is 6.52. The smallest absolute Gasteiger partial charge is 0.244 e. The Balaban J connectivity index is 1.81. The average Bonchev–Trinajstić information content (AvgIpc) is 2.41. The second-order valence-electron chi connectivity index (χ2n) is 4.98. The average molecular weight is 246 g/mol. The number of pyridine rings is 1. The van der Waals surface area contributed by atoms with E-state index in [-0.39, 0.29) is 11.9 Å². The quantitative estimate of drug-likeness (QED) is 0.798. The van der Waals surface area contributed by atoms with Gasteiger partial charge in [0.15, 0.2) is 0 Å². The summed E-state index contributed by atoms with van der Waals surface area (Å²) in [6, 6.07) is 3.69. The van der Waals surface area contributed by atoms with E-state index in [1.165, 1.54) is 6.42 Å². The molecule has 3 rings (SSSR count). The summed E-state index contributed by atoms with van der Waals surface area (Å²) < 4.78 is 0. The maximum Gasteiger partial charge on any atom is 0.244 e. The van der Waals surface area contributed by atoms with Gasteiger partial charge in [0.25, 0.3) is 0 Å². The summed E-state index contributed by atoms with van der Waals surface area (Å²) in [4.78, 5) is 20.7. The van der Waals surface area contributed by atoms with Crippen molar-refractivity contribution in [2.75, 3.05) is 30.3 Å². The summed E-state index contributed by atoms with van der Waals surface area (Å²) in [5.41, 5.74) is 6.43. The van der Waals surface area contributed by atoms with Crippen LogP contribution in [0, 0.1) is 0 Å². The van der Waals surface area contributed by atoms with Crippen molar-refractivity contribution in [3.05, 3.63) is 18.3 Å². The molecule has 0 saturated carbocycles. The Morgan fingerprint density at radius 2 is 2.11 bits per heavy atom. The van der Waals surface area contributed by atoms with Crippen molar-refractivity contribution in [3.63, 3.8) is 0 Å². The zero-order valence-electron chi connectivity index (χ0n) is 10.4. The number of hydrogen-bond donors (Lipinski definition) is 1. The largest absolute Gasteiger partial charge is 0.384 e. The molecule has 96 valence electrons. The molecule has 0 radical (unpaired) electrons. The monoisotopic (exact) mass is 246 g/mol. The maximum atomic E-state index is 12.5. The van der Waals surface area contributed by atoms with Gasteiger partial charge in [0.1, 0.15) is 5.82 Å². The first-order valence-electron chi connectivity index (χ1n) is 6.52. The minimum atomic E-state index is 0.0741. The van der Waals surface area contributed by atoms with E-state index in [1.54, 1.807) is 12.3 Å². The molecule has 2 aliphatic heterocycles. The van der Waals surface area contributed by atoms with Gasteiger partial charge in [-0.1, -0.05) is 6.42 Å². The second-order valence-corrected chi connectivity index (χ2v) is 4.98. The lowest BCUT2D eigenvalue weighted by molar-refractivity contribution is -0.127. The van der Waals surface area contributed by atoms with Crippen molar-refractivity contribution in [1.82, 2.24) is 9.88 Å². The molecule has 2 fully saturated rings. The normalized spacial score (nSPS) is 25.0. The molecular weight excluding hydrogens is 228 g/mol. The van der Waals surface area contributed by atoms with Gasteiger partial charge in [0.2, 0.25) is 5.91 Å². The van der Waals surface area contributed by atoms with Crippen LogP contribution < -0.4 is 10.6 Å². The number of nitrogen functional groups attached to an aromatic ring is 1. The van der Waals surface area contributed by atoms with Crippen LogP contribution in [-0.4, -0.2) is 41.5 Å². The Labute approximate surface area is 107 Å². The Morgan fingerprint density at radius 1 is 1.22 bits per heavy atom. The van der Waals surface area contributed by atoms with Crippen molar-refractivity contribution < 1.29 is 4.79 Å². The van der Waals surface area contributed by atoms with Gasteiger partial charge < -0.3 is 10.6 Å². The first kappa shape index (κ1) is 11.5. The topological polar surface area (TPSA) is 62.5 Å². The number of piperidine rings is 1. The van der Waals surface area contributed by atoms with Gasteiger partial charge >= 0.3 is 0 Å². The van der Waals surface area contributed by atoms with Gasteiger partial charge in [0, 0.05) is 13.1 Å². The maximum absolute atomic E-state index is 12.5. The number of hydrogen-bond acceptors (Lipinski definition) is 4. The molecule has 1 atom stereocenters. The van der Waals surface area contributed by atoms with Gasteiger partial charge in [0.05, 0.1) is 17.9 Å². The molecule has 2 saturated heterocycles. The molecular formula is C13H18N4O.